The van der Waals surface area contributed by atoms with Crippen LogP contribution in [0.2, 0.25) is 0 Å². The second kappa shape index (κ2) is 3.83. The van der Waals surface area contributed by atoms with E-state index in [4.69, 9.17) is 16.7 Å². The molecule has 0 aliphatic carbocycles. The molecule has 0 saturated heterocycles. The number of alkyl halides is 2. The van der Waals surface area contributed by atoms with Gasteiger partial charge in [-0.15, -0.1) is 0 Å². The van der Waals surface area contributed by atoms with Gasteiger partial charge in [0.15, 0.2) is 17.3 Å². The van der Waals surface area contributed by atoms with E-state index in [2.05, 4.69) is 4.98 Å². The first kappa shape index (κ1) is 10.8. The Bertz CT molecular complexity index is 383. The summed E-state index contributed by atoms with van der Waals surface area (Å²) in [5.74, 6) is -2.85. The summed E-state index contributed by atoms with van der Waals surface area (Å²) in [6.45, 7) is 0. The van der Waals surface area contributed by atoms with E-state index in [1.165, 1.54) is 0 Å². The van der Waals surface area contributed by atoms with Gasteiger partial charge in [0.2, 0.25) is 0 Å². The Kier molecular flexibility index (Phi) is 2.95. The number of hydrogen-bond acceptors (Lipinski definition) is 3. The van der Waals surface area contributed by atoms with E-state index in [0.717, 1.165) is 0 Å². The van der Waals surface area contributed by atoms with Crippen LogP contribution in [-0.2, 0) is 0 Å². The lowest BCUT2D eigenvalue weighted by Gasteiger charge is -2.04. The molecular formula is C7H3ClF3NO2. The fraction of sp³-hybridized carbons (Fsp3) is 0.143. The quantitative estimate of drug-likeness (QED) is 0.786. The molecule has 14 heavy (non-hydrogen) atoms. The molecule has 0 spiro atoms. The van der Waals surface area contributed by atoms with Gasteiger partial charge in [-0.25, -0.2) is 13.2 Å². The van der Waals surface area contributed by atoms with E-state index < -0.39 is 34.5 Å². The topological polar surface area (TPSA) is 50.2 Å². The number of aromatic nitrogens is 1. The monoisotopic (exact) mass is 225 g/mol. The van der Waals surface area contributed by atoms with Crippen LogP contribution in [0.1, 0.15) is 22.5 Å². The molecular weight excluding hydrogens is 223 g/mol. The number of pyridine rings is 1. The van der Waals surface area contributed by atoms with Crippen LogP contribution in [0, 0.1) is 5.82 Å². The molecule has 0 saturated carbocycles. The maximum absolute atomic E-state index is 12.9. The highest BCUT2D eigenvalue weighted by Gasteiger charge is 2.22. The van der Waals surface area contributed by atoms with Crippen molar-refractivity contribution in [1.82, 2.24) is 4.98 Å². The van der Waals surface area contributed by atoms with E-state index in [9.17, 15) is 18.0 Å². The van der Waals surface area contributed by atoms with E-state index in [-0.39, 0.29) is 0 Å². The molecule has 1 aromatic heterocycles. The van der Waals surface area contributed by atoms with Crippen LogP contribution in [0.25, 0.3) is 0 Å². The summed E-state index contributed by atoms with van der Waals surface area (Å²) in [6.07, 6.45) is -2.57. The molecule has 1 heterocycles. The molecule has 1 rings (SSSR count). The summed E-state index contributed by atoms with van der Waals surface area (Å²) >= 11 is 4.89. The minimum atomic E-state index is -3.12. The van der Waals surface area contributed by atoms with Gasteiger partial charge in [-0.2, -0.15) is 0 Å². The van der Waals surface area contributed by atoms with Gasteiger partial charge in [0.25, 0.3) is 11.7 Å². The molecule has 0 aliphatic heterocycles. The van der Waals surface area contributed by atoms with Crippen molar-refractivity contribution in [1.29, 1.82) is 0 Å². The number of aromatic hydroxyl groups is 1. The zero-order valence-corrected chi connectivity index (χ0v) is 7.23. The van der Waals surface area contributed by atoms with E-state index in [0.29, 0.717) is 6.20 Å². The van der Waals surface area contributed by atoms with Crippen molar-refractivity contribution in [2.75, 3.05) is 0 Å². The van der Waals surface area contributed by atoms with Gasteiger partial charge in [0.05, 0.1) is 5.56 Å². The summed E-state index contributed by atoms with van der Waals surface area (Å²) in [7, 11) is 0. The fourth-order valence-corrected chi connectivity index (χ4v) is 0.920. The molecule has 0 aliphatic rings. The molecule has 1 N–H and O–H groups in total. The maximum Gasteiger partial charge on any atom is 0.284 e. The maximum atomic E-state index is 12.9. The Morgan fingerprint density at radius 3 is 2.57 bits per heavy atom. The standard InChI is InChI=1S/C7H3ClF3NO2/c8-6(14)2-1-12-4(7(10)11)5(13)3(2)9/h1,7,13H. The van der Waals surface area contributed by atoms with Crippen LogP contribution < -0.4 is 0 Å². The smallest absolute Gasteiger partial charge is 0.284 e. The van der Waals surface area contributed by atoms with Crippen molar-refractivity contribution in [3.63, 3.8) is 0 Å². The Morgan fingerprint density at radius 2 is 2.14 bits per heavy atom. The Labute approximate surface area is 81.1 Å². The summed E-state index contributed by atoms with van der Waals surface area (Å²) in [5.41, 5.74) is -1.86. The van der Waals surface area contributed by atoms with Gasteiger partial charge in [0.1, 0.15) is 0 Å². The lowest BCUT2D eigenvalue weighted by molar-refractivity contribution is 0.107. The minimum absolute atomic E-state index is 0.547. The number of carbonyl (C=O) groups excluding carboxylic acids is 1. The van der Waals surface area contributed by atoms with Gasteiger partial charge in [-0.3, -0.25) is 9.78 Å². The number of carbonyl (C=O) groups is 1. The molecule has 0 aromatic carbocycles. The Hall–Kier alpha value is -1.30. The third kappa shape index (κ3) is 1.79. The second-order valence-corrected chi connectivity index (χ2v) is 2.64. The van der Waals surface area contributed by atoms with Gasteiger partial charge in [0, 0.05) is 6.20 Å². The van der Waals surface area contributed by atoms with Gasteiger partial charge < -0.3 is 5.11 Å². The van der Waals surface area contributed by atoms with Crippen molar-refractivity contribution >= 4 is 16.8 Å². The normalized spacial score (nSPS) is 10.6. The van der Waals surface area contributed by atoms with E-state index >= 15 is 0 Å². The summed E-state index contributed by atoms with van der Waals surface area (Å²) in [4.78, 5) is 13.5. The highest BCUT2D eigenvalue weighted by molar-refractivity contribution is 6.67. The van der Waals surface area contributed by atoms with Gasteiger partial charge >= 0.3 is 0 Å². The van der Waals surface area contributed by atoms with Crippen molar-refractivity contribution in [3.05, 3.63) is 23.3 Å². The van der Waals surface area contributed by atoms with Crippen LogP contribution in [0.3, 0.4) is 0 Å². The molecule has 0 radical (unpaired) electrons. The number of nitrogens with zero attached hydrogens (tertiary/aromatic N) is 1. The minimum Gasteiger partial charge on any atom is -0.503 e. The summed E-state index contributed by atoms with van der Waals surface area (Å²) < 4.78 is 37.0. The van der Waals surface area contributed by atoms with Crippen molar-refractivity contribution < 1.29 is 23.1 Å². The van der Waals surface area contributed by atoms with Crippen LogP contribution in [0.4, 0.5) is 13.2 Å². The molecule has 3 nitrogen and oxygen atoms in total. The number of halogens is 4. The first-order valence-electron chi connectivity index (χ1n) is 3.30. The molecule has 0 fully saturated rings. The zero-order valence-electron chi connectivity index (χ0n) is 6.47. The van der Waals surface area contributed by atoms with Crippen molar-refractivity contribution in [3.8, 4) is 5.75 Å². The average Bonchev–Trinajstić information content (AvgIpc) is 2.08. The van der Waals surface area contributed by atoms with Gasteiger partial charge in [-0.05, 0) is 11.6 Å². The van der Waals surface area contributed by atoms with E-state index in [1.54, 1.807) is 0 Å². The molecule has 7 heteroatoms. The Balaban J connectivity index is 3.33. The van der Waals surface area contributed by atoms with Crippen LogP contribution in [0.15, 0.2) is 6.20 Å². The molecule has 0 unspecified atom stereocenters. The first-order chi connectivity index (χ1) is 6.45. The number of hydrogen-bond donors (Lipinski definition) is 1. The summed E-state index contributed by atoms with van der Waals surface area (Å²) in [6, 6.07) is 0. The molecule has 0 amide bonds. The van der Waals surface area contributed by atoms with Crippen LogP contribution >= 0.6 is 11.6 Å². The predicted molar refractivity (Wildman–Crippen MR) is 41.0 cm³/mol. The highest BCUT2D eigenvalue weighted by Crippen LogP contribution is 2.30. The molecule has 0 atom stereocenters. The second-order valence-electron chi connectivity index (χ2n) is 2.29. The Morgan fingerprint density at radius 1 is 1.57 bits per heavy atom. The van der Waals surface area contributed by atoms with Crippen LogP contribution in [0.5, 0.6) is 5.75 Å². The van der Waals surface area contributed by atoms with Gasteiger partial charge in [-0.1, -0.05) is 0 Å². The van der Waals surface area contributed by atoms with Crippen LogP contribution in [-0.4, -0.2) is 15.3 Å². The highest BCUT2D eigenvalue weighted by atomic mass is 35.5. The average molecular weight is 226 g/mol. The number of rotatable bonds is 2. The third-order valence-electron chi connectivity index (χ3n) is 1.44. The zero-order chi connectivity index (χ0) is 10.9. The van der Waals surface area contributed by atoms with E-state index in [1.807, 2.05) is 0 Å². The lowest BCUT2D eigenvalue weighted by atomic mass is 10.2. The predicted octanol–water partition coefficient (Wildman–Crippen LogP) is 2.24. The molecule has 76 valence electrons. The fourth-order valence-electron chi connectivity index (χ4n) is 0.789. The van der Waals surface area contributed by atoms with Crippen molar-refractivity contribution in [2.45, 2.75) is 6.43 Å². The third-order valence-corrected chi connectivity index (χ3v) is 1.64. The molecule has 1 aromatic rings. The summed E-state index contributed by atoms with van der Waals surface area (Å²) in [5, 5.41) is 7.65. The largest absolute Gasteiger partial charge is 0.503 e. The first-order valence-corrected chi connectivity index (χ1v) is 3.68. The van der Waals surface area contributed by atoms with Crippen molar-refractivity contribution in [2.24, 2.45) is 0 Å². The lowest BCUT2D eigenvalue weighted by Crippen LogP contribution is -2.01. The SMILES string of the molecule is O=C(Cl)c1cnc(C(F)F)c(O)c1F. The molecule has 0 bridgehead atoms.